The molecule has 0 saturated heterocycles. The summed E-state index contributed by atoms with van der Waals surface area (Å²) in [5.74, 6) is 1.21. The standard InChI is InChI=1S/C13H19NOS2/c15-13(10-12-6-3-8-16-12)14-7-9-17-11-4-1-2-5-11/h3,6,8,11H,1-2,4-5,7,9-10H2,(H,14,15). The summed E-state index contributed by atoms with van der Waals surface area (Å²) in [4.78, 5) is 12.7. The van der Waals surface area contributed by atoms with E-state index in [-0.39, 0.29) is 5.91 Å². The Balaban J connectivity index is 1.54. The van der Waals surface area contributed by atoms with Gasteiger partial charge in [-0.1, -0.05) is 18.9 Å². The van der Waals surface area contributed by atoms with Crippen LogP contribution < -0.4 is 5.32 Å². The van der Waals surface area contributed by atoms with Gasteiger partial charge in [-0.05, 0) is 24.3 Å². The van der Waals surface area contributed by atoms with Gasteiger partial charge in [0, 0.05) is 22.4 Å². The molecule has 2 rings (SSSR count). The first-order valence-corrected chi connectivity index (χ1v) is 8.18. The molecule has 0 aliphatic heterocycles. The Morgan fingerprint density at radius 1 is 1.47 bits per heavy atom. The van der Waals surface area contributed by atoms with Gasteiger partial charge in [0.25, 0.3) is 0 Å². The monoisotopic (exact) mass is 269 g/mol. The van der Waals surface area contributed by atoms with Crippen LogP contribution in [0.1, 0.15) is 30.6 Å². The second kappa shape index (κ2) is 7.07. The van der Waals surface area contributed by atoms with Crippen molar-refractivity contribution in [1.82, 2.24) is 5.32 Å². The minimum absolute atomic E-state index is 0.152. The van der Waals surface area contributed by atoms with Crippen LogP contribution in [0, 0.1) is 0 Å². The van der Waals surface area contributed by atoms with Crippen molar-refractivity contribution in [3.63, 3.8) is 0 Å². The van der Waals surface area contributed by atoms with E-state index in [0.29, 0.717) is 6.42 Å². The first-order chi connectivity index (χ1) is 8.34. The zero-order valence-corrected chi connectivity index (χ0v) is 11.6. The van der Waals surface area contributed by atoms with E-state index in [0.717, 1.165) is 22.4 Å². The fraction of sp³-hybridized carbons (Fsp3) is 0.615. The van der Waals surface area contributed by atoms with Crippen LogP contribution in [-0.2, 0) is 11.2 Å². The molecule has 1 amide bonds. The Morgan fingerprint density at radius 2 is 2.29 bits per heavy atom. The molecule has 1 heterocycles. The highest BCUT2D eigenvalue weighted by Crippen LogP contribution is 2.28. The quantitative estimate of drug-likeness (QED) is 0.804. The van der Waals surface area contributed by atoms with Crippen LogP contribution >= 0.6 is 23.1 Å². The summed E-state index contributed by atoms with van der Waals surface area (Å²) in [6.07, 6.45) is 6.05. The lowest BCUT2D eigenvalue weighted by Crippen LogP contribution is -2.27. The number of carbonyl (C=O) groups excluding carboxylic acids is 1. The van der Waals surface area contributed by atoms with Crippen molar-refractivity contribution >= 4 is 29.0 Å². The Kier molecular flexibility index (Phi) is 5.39. The molecule has 1 saturated carbocycles. The average Bonchev–Trinajstić information content (AvgIpc) is 2.96. The Morgan fingerprint density at radius 3 is 3.00 bits per heavy atom. The molecule has 1 aromatic heterocycles. The molecule has 0 atom stereocenters. The maximum Gasteiger partial charge on any atom is 0.225 e. The summed E-state index contributed by atoms with van der Waals surface area (Å²) in [5.41, 5.74) is 0. The van der Waals surface area contributed by atoms with Gasteiger partial charge in [-0.25, -0.2) is 0 Å². The second-order valence-electron chi connectivity index (χ2n) is 4.38. The maximum atomic E-state index is 11.6. The average molecular weight is 269 g/mol. The lowest BCUT2D eigenvalue weighted by Gasteiger charge is -2.09. The number of nitrogens with one attached hydrogen (secondary N) is 1. The van der Waals surface area contributed by atoms with Crippen molar-refractivity contribution in [1.29, 1.82) is 0 Å². The van der Waals surface area contributed by atoms with Gasteiger partial charge in [-0.2, -0.15) is 11.8 Å². The van der Waals surface area contributed by atoms with Gasteiger partial charge >= 0.3 is 0 Å². The molecular formula is C13H19NOS2. The molecular weight excluding hydrogens is 250 g/mol. The maximum absolute atomic E-state index is 11.6. The molecule has 1 fully saturated rings. The van der Waals surface area contributed by atoms with Crippen LogP contribution in [0.3, 0.4) is 0 Å². The van der Waals surface area contributed by atoms with Gasteiger partial charge in [0.05, 0.1) is 6.42 Å². The fourth-order valence-electron chi connectivity index (χ4n) is 2.10. The molecule has 17 heavy (non-hydrogen) atoms. The normalized spacial score (nSPS) is 16.2. The number of amides is 1. The third-order valence-corrected chi connectivity index (χ3v) is 5.25. The topological polar surface area (TPSA) is 29.1 Å². The van der Waals surface area contributed by atoms with Crippen LogP contribution in [0.15, 0.2) is 17.5 Å². The number of rotatable bonds is 6. The Bertz CT molecular complexity index is 331. The zero-order chi connectivity index (χ0) is 11.9. The molecule has 94 valence electrons. The molecule has 0 unspecified atom stereocenters. The van der Waals surface area contributed by atoms with Gasteiger partial charge in [-0.3, -0.25) is 4.79 Å². The molecule has 1 aliphatic carbocycles. The minimum atomic E-state index is 0.152. The van der Waals surface area contributed by atoms with Crippen LogP contribution in [0.5, 0.6) is 0 Å². The molecule has 4 heteroatoms. The van der Waals surface area contributed by atoms with E-state index in [9.17, 15) is 4.79 Å². The van der Waals surface area contributed by atoms with Crippen molar-refractivity contribution < 1.29 is 4.79 Å². The first-order valence-electron chi connectivity index (χ1n) is 6.25. The lowest BCUT2D eigenvalue weighted by atomic mass is 10.3. The van der Waals surface area contributed by atoms with E-state index >= 15 is 0 Å². The van der Waals surface area contributed by atoms with Gasteiger partial charge < -0.3 is 5.32 Å². The summed E-state index contributed by atoms with van der Waals surface area (Å²) in [6, 6.07) is 4.00. The molecule has 1 aliphatic rings. The second-order valence-corrected chi connectivity index (χ2v) is 6.82. The number of hydrogen-bond acceptors (Lipinski definition) is 3. The van der Waals surface area contributed by atoms with Gasteiger partial charge in [0.1, 0.15) is 0 Å². The predicted molar refractivity (Wildman–Crippen MR) is 75.7 cm³/mol. The van der Waals surface area contributed by atoms with E-state index in [1.807, 2.05) is 29.3 Å². The van der Waals surface area contributed by atoms with Crippen molar-refractivity contribution in [2.75, 3.05) is 12.3 Å². The van der Waals surface area contributed by atoms with E-state index < -0.39 is 0 Å². The van der Waals surface area contributed by atoms with Crippen LogP contribution in [-0.4, -0.2) is 23.5 Å². The number of hydrogen-bond donors (Lipinski definition) is 1. The Hall–Kier alpha value is -0.480. The Labute approximate surface area is 111 Å². The molecule has 1 N–H and O–H groups in total. The number of thioether (sulfide) groups is 1. The van der Waals surface area contributed by atoms with E-state index in [1.54, 1.807) is 11.3 Å². The van der Waals surface area contributed by atoms with Gasteiger partial charge in [-0.15, -0.1) is 11.3 Å². The van der Waals surface area contributed by atoms with Crippen molar-refractivity contribution in [3.8, 4) is 0 Å². The van der Waals surface area contributed by atoms with Crippen LogP contribution in [0.4, 0.5) is 0 Å². The number of thiophene rings is 1. The molecule has 1 aromatic rings. The molecule has 0 spiro atoms. The highest BCUT2D eigenvalue weighted by atomic mass is 32.2. The largest absolute Gasteiger partial charge is 0.355 e. The molecule has 0 radical (unpaired) electrons. The molecule has 2 nitrogen and oxygen atoms in total. The summed E-state index contributed by atoms with van der Waals surface area (Å²) in [5, 5.41) is 5.86. The van der Waals surface area contributed by atoms with Crippen molar-refractivity contribution in [2.24, 2.45) is 0 Å². The fourth-order valence-corrected chi connectivity index (χ4v) is 4.03. The predicted octanol–water partition coefficient (Wildman–Crippen LogP) is 3.08. The summed E-state index contributed by atoms with van der Waals surface area (Å²) >= 11 is 3.67. The third kappa shape index (κ3) is 4.72. The smallest absolute Gasteiger partial charge is 0.225 e. The molecule has 0 bridgehead atoms. The minimum Gasteiger partial charge on any atom is -0.355 e. The zero-order valence-electron chi connectivity index (χ0n) is 9.98. The summed E-state index contributed by atoms with van der Waals surface area (Å²) < 4.78 is 0. The number of carbonyl (C=O) groups is 1. The van der Waals surface area contributed by atoms with E-state index in [1.165, 1.54) is 25.7 Å². The van der Waals surface area contributed by atoms with Crippen LogP contribution in [0.2, 0.25) is 0 Å². The van der Waals surface area contributed by atoms with Crippen LogP contribution in [0.25, 0.3) is 0 Å². The highest BCUT2D eigenvalue weighted by molar-refractivity contribution is 7.99. The van der Waals surface area contributed by atoms with Crippen molar-refractivity contribution in [2.45, 2.75) is 37.4 Å². The van der Waals surface area contributed by atoms with E-state index in [4.69, 9.17) is 0 Å². The van der Waals surface area contributed by atoms with Gasteiger partial charge in [0.2, 0.25) is 5.91 Å². The highest BCUT2D eigenvalue weighted by Gasteiger charge is 2.14. The lowest BCUT2D eigenvalue weighted by molar-refractivity contribution is -0.120. The molecule has 0 aromatic carbocycles. The van der Waals surface area contributed by atoms with Gasteiger partial charge in [0.15, 0.2) is 0 Å². The third-order valence-electron chi connectivity index (χ3n) is 2.99. The van der Waals surface area contributed by atoms with Crippen molar-refractivity contribution in [3.05, 3.63) is 22.4 Å². The van der Waals surface area contributed by atoms with E-state index in [2.05, 4.69) is 5.32 Å². The first kappa shape index (κ1) is 13.0. The summed E-state index contributed by atoms with van der Waals surface area (Å²) in [7, 11) is 0. The SMILES string of the molecule is O=C(Cc1cccs1)NCCSC1CCCC1. The summed E-state index contributed by atoms with van der Waals surface area (Å²) in [6.45, 7) is 0.811.